The van der Waals surface area contributed by atoms with E-state index in [2.05, 4.69) is 26.8 Å². The predicted octanol–water partition coefficient (Wildman–Crippen LogP) is 4.64. The van der Waals surface area contributed by atoms with E-state index < -0.39 is 5.97 Å². The molecule has 23 heavy (non-hydrogen) atoms. The fourth-order valence-electron chi connectivity index (χ4n) is 1.98. The van der Waals surface area contributed by atoms with E-state index in [4.69, 9.17) is 9.47 Å². The zero-order valence-electron chi connectivity index (χ0n) is 14.4. The van der Waals surface area contributed by atoms with Gasteiger partial charge in [0, 0.05) is 0 Å². The third-order valence-electron chi connectivity index (χ3n) is 3.26. The van der Waals surface area contributed by atoms with E-state index in [9.17, 15) is 9.90 Å². The Morgan fingerprint density at radius 1 is 1.22 bits per heavy atom. The third kappa shape index (κ3) is 6.59. The summed E-state index contributed by atoms with van der Waals surface area (Å²) in [6, 6.07) is 4.80. The molecular formula is C19H26O4. The van der Waals surface area contributed by atoms with Crippen molar-refractivity contribution in [3.63, 3.8) is 0 Å². The fourth-order valence-corrected chi connectivity index (χ4v) is 1.98. The van der Waals surface area contributed by atoms with Gasteiger partial charge in [0.05, 0.1) is 6.61 Å². The molecule has 0 heterocycles. The van der Waals surface area contributed by atoms with Gasteiger partial charge in [-0.15, -0.1) is 0 Å². The number of phenols is 1. The average molecular weight is 318 g/mol. The normalized spacial score (nSPS) is 11.0. The lowest BCUT2D eigenvalue weighted by Crippen LogP contribution is -2.06. The molecule has 1 N–H and O–H groups in total. The molecule has 4 heteroatoms. The summed E-state index contributed by atoms with van der Waals surface area (Å²) in [5.74, 6) is -0.450. The van der Waals surface area contributed by atoms with Crippen molar-refractivity contribution in [3.05, 3.63) is 47.1 Å². The number of allylic oxidation sites excluding steroid dienone is 3. The van der Waals surface area contributed by atoms with Crippen LogP contribution in [-0.2, 0) is 4.74 Å². The van der Waals surface area contributed by atoms with Crippen LogP contribution in [0.2, 0.25) is 0 Å². The highest BCUT2D eigenvalue weighted by Crippen LogP contribution is 2.30. The van der Waals surface area contributed by atoms with Crippen molar-refractivity contribution in [1.29, 1.82) is 0 Å². The molecule has 0 spiro atoms. The van der Waals surface area contributed by atoms with E-state index in [0.717, 1.165) is 12.8 Å². The molecule has 0 saturated heterocycles. The monoisotopic (exact) mass is 318 g/mol. The highest BCUT2D eigenvalue weighted by Gasteiger charge is 2.15. The molecule has 0 amide bonds. The number of carbonyl (C=O) groups excluding carboxylic acids is 1. The van der Waals surface area contributed by atoms with Crippen LogP contribution in [0.25, 0.3) is 0 Å². The van der Waals surface area contributed by atoms with Gasteiger partial charge in [-0.2, -0.15) is 0 Å². The minimum absolute atomic E-state index is 0.119. The number of rotatable bonds is 8. The first kappa shape index (κ1) is 18.8. The van der Waals surface area contributed by atoms with E-state index in [0.29, 0.717) is 6.61 Å². The molecule has 0 aliphatic heterocycles. The van der Waals surface area contributed by atoms with Gasteiger partial charge in [0.25, 0.3) is 0 Å². The first-order valence-corrected chi connectivity index (χ1v) is 7.86. The number of para-hydroxylation sites is 1. The molecule has 1 aromatic carbocycles. The Bertz CT molecular complexity index is 581. The van der Waals surface area contributed by atoms with Crippen LogP contribution in [0.3, 0.4) is 0 Å². The number of hydrogen-bond donors (Lipinski definition) is 1. The number of phenolic OH excluding ortho intramolecular Hbond substituents is 1. The lowest BCUT2D eigenvalue weighted by Gasteiger charge is -2.10. The summed E-state index contributed by atoms with van der Waals surface area (Å²) in [4.78, 5) is 11.7. The third-order valence-corrected chi connectivity index (χ3v) is 3.26. The molecule has 0 aliphatic rings. The van der Waals surface area contributed by atoms with Crippen molar-refractivity contribution in [3.8, 4) is 11.5 Å². The Balaban J connectivity index is 2.63. The summed E-state index contributed by atoms with van der Waals surface area (Å²) in [7, 11) is 0. The molecule has 1 rings (SSSR count). The topological polar surface area (TPSA) is 55.8 Å². The summed E-state index contributed by atoms with van der Waals surface area (Å²) >= 11 is 0. The van der Waals surface area contributed by atoms with Crippen LogP contribution in [0.15, 0.2) is 41.5 Å². The van der Waals surface area contributed by atoms with Crippen LogP contribution < -0.4 is 4.74 Å². The number of ether oxygens (including phenoxy) is 2. The minimum Gasteiger partial charge on any atom is -0.504 e. The second-order valence-electron chi connectivity index (χ2n) is 5.55. The van der Waals surface area contributed by atoms with Gasteiger partial charge in [-0.1, -0.05) is 23.3 Å². The lowest BCUT2D eigenvalue weighted by atomic mass is 10.1. The van der Waals surface area contributed by atoms with Crippen molar-refractivity contribution < 1.29 is 19.4 Å². The first-order chi connectivity index (χ1) is 11.0. The molecule has 0 fully saturated rings. The quantitative estimate of drug-likeness (QED) is 0.560. The van der Waals surface area contributed by atoms with Crippen molar-refractivity contribution >= 4 is 5.97 Å². The molecule has 0 atom stereocenters. The Kier molecular flexibility index (Phi) is 7.95. The number of benzene rings is 1. The van der Waals surface area contributed by atoms with E-state index >= 15 is 0 Å². The summed E-state index contributed by atoms with van der Waals surface area (Å²) in [5.41, 5.74) is 2.66. The van der Waals surface area contributed by atoms with Crippen molar-refractivity contribution in [1.82, 2.24) is 0 Å². The summed E-state index contributed by atoms with van der Waals surface area (Å²) in [6.07, 6.45) is 6.17. The largest absolute Gasteiger partial charge is 0.504 e. The van der Waals surface area contributed by atoms with Gasteiger partial charge in [-0.25, -0.2) is 4.79 Å². The predicted molar refractivity (Wildman–Crippen MR) is 92.0 cm³/mol. The standard InChI is InChI=1S/C19H26O4/c1-5-22-19(21)16-10-7-11-17(18(16)20)23-13-12-15(4)9-6-8-14(2)3/h7-8,10-12,20H,5-6,9,13H2,1-4H3. The number of esters is 1. The van der Waals surface area contributed by atoms with Crippen LogP contribution in [0, 0.1) is 0 Å². The molecule has 4 nitrogen and oxygen atoms in total. The van der Waals surface area contributed by atoms with Gasteiger partial charge in [-0.3, -0.25) is 0 Å². The van der Waals surface area contributed by atoms with E-state index in [1.54, 1.807) is 19.1 Å². The van der Waals surface area contributed by atoms with Crippen molar-refractivity contribution in [2.24, 2.45) is 0 Å². The highest BCUT2D eigenvalue weighted by atomic mass is 16.5. The SMILES string of the molecule is CCOC(=O)c1cccc(OCC=C(C)CCC=C(C)C)c1O. The van der Waals surface area contributed by atoms with E-state index in [1.165, 1.54) is 17.2 Å². The van der Waals surface area contributed by atoms with Crippen molar-refractivity contribution in [2.45, 2.75) is 40.5 Å². The molecular weight excluding hydrogens is 292 g/mol. The molecule has 126 valence electrons. The average Bonchev–Trinajstić information content (AvgIpc) is 2.48. The van der Waals surface area contributed by atoms with Crippen LogP contribution in [0.5, 0.6) is 11.5 Å². The summed E-state index contributed by atoms with van der Waals surface area (Å²) in [5, 5.41) is 10.1. The zero-order chi connectivity index (χ0) is 17.2. The van der Waals surface area contributed by atoms with Crippen LogP contribution in [0.4, 0.5) is 0 Å². The summed E-state index contributed by atoms with van der Waals surface area (Å²) < 4.78 is 10.5. The van der Waals surface area contributed by atoms with Gasteiger partial charge in [0.2, 0.25) is 0 Å². The van der Waals surface area contributed by atoms with Crippen LogP contribution in [-0.4, -0.2) is 24.3 Å². The maximum atomic E-state index is 11.7. The molecule has 0 unspecified atom stereocenters. The van der Waals surface area contributed by atoms with Crippen LogP contribution in [0.1, 0.15) is 50.9 Å². The molecule has 0 bridgehead atoms. The van der Waals surface area contributed by atoms with Gasteiger partial charge in [0.1, 0.15) is 12.2 Å². The second kappa shape index (κ2) is 9.72. The smallest absolute Gasteiger partial charge is 0.342 e. The maximum absolute atomic E-state index is 11.7. The fraction of sp³-hybridized carbons (Fsp3) is 0.421. The highest BCUT2D eigenvalue weighted by molar-refractivity contribution is 5.93. The second-order valence-corrected chi connectivity index (χ2v) is 5.55. The zero-order valence-corrected chi connectivity index (χ0v) is 14.4. The number of aromatic hydroxyl groups is 1. The molecule has 0 aliphatic carbocycles. The number of carbonyl (C=O) groups is 1. The van der Waals surface area contributed by atoms with Gasteiger partial charge < -0.3 is 14.6 Å². The molecule has 0 radical (unpaired) electrons. The summed E-state index contributed by atoms with van der Waals surface area (Å²) in [6.45, 7) is 8.55. The first-order valence-electron chi connectivity index (χ1n) is 7.86. The van der Waals surface area contributed by atoms with E-state index in [1.807, 2.05) is 6.08 Å². The number of hydrogen-bond acceptors (Lipinski definition) is 4. The molecule has 0 saturated carbocycles. The maximum Gasteiger partial charge on any atom is 0.342 e. The van der Waals surface area contributed by atoms with Gasteiger partial charge in [0.15, 0.2) is 11.5 Å². The Morgan fingerprint density at radius 2 is 1.96 bits per heavy atom. The Morgan fingerprint density at radius 3 is 2.61 bits per heavy atom. The Hall–Kier alpha value is -2.23. The Labute approximate surface area is 138 Å². The lowest BCUT2D eigenvalue weighted by molar-refractivity contribution is 0.0522. The minimum atomic E-state index is -0.552. The molecule has 1 aromatic rings. The van der Waals surface area contributed by atoms with Gasteiger partial charge >= 0.3 is 5.97 Å². The van der Waals surface area contributed by atoms with E-state index in [-0.39, 0.29) is 23.7 Å². The van der Waals surface area contributed by atoms with Gasteiger partial charge in [-0.05, 0) is 58.7 Å². The van der Waals surface area contributed by atoms with Crippen LogP contribution >= 0.6 is 0 Å². The van der Waals surface area contributed by atoms with Crippen molar-refractivity contribution in [2.75, 3.05) is 13.2 Å². The molecule has 0 aromatic heterocycles.